The van der Waals surface area contributed by atoms with Crippen molar-refractivity contribution in [1.82, 2.24) is 29.5 Å². The molecular weight excluding hydrogens is 440 g/mol. The van der Waals surface area contributed by atoms with Gasteiger partial charge in [0.05, 0.1) is 17.5 Å². The molecule has 178 valence electrons. The minimum absolute atomic E-state index is 0.0512. The summed E-state index contributed by atoms with van der Waals surface area (Å²) in [4.78, 5) is 27.1. The average Bonchev–Trinajstić information content (AvgIpc) is 3.48. The van der Waals surface area contributed by atoms with Crippen LogP contribution in [0.15, 0.2) is 65.3 Å². The third-order valence-electron chi connectivity index (χ3n) is 6.73. The summed E-state index contributed by atoms with van der Waals surface area (Å²) in [6, 6.07) is 16.1. The van der Waals surface area contributed by atoms with Crippen LogP contribution in [0.3, 0.4) is 0 Å². The average molecular weight is 469 g/mol. The van der Waals surface area contributed by atoms with E-state index in [0.717, 1.165) is 43.9 Å². The van der Waals surface area contributed by atoms with E-state index in [2.05, 4.69) is 39.2 Å². The summed E-state index contributed by atoms with van der Waals surface area (Å²) in [6.45, 7) is 5.97. The smallest absolute Gasteiger partial charge is 0.257 e. The van der Waals surface area contributed by atoms with Gasteiger partial charge in [-0.3, -0.25) is 9.69 Å². The third kappa shape index (κ3) is 4.49. The maximum atomic E-state index is 13.6. The van der Waals surface area contributed by atoms with E-state index in [1.807, 2.05) is 36.1 Å². The lowest BCUT2D eigenvalue weighted by Crippen LogP contribution is -2.48. The zero-order valence-corrected chi connectivity index (χ0v) is 19.8. The van der Waals surface area contributed by atoms with Gasteiger partial charge in [0, 0.05) is 44.8 Å². The van der Waals surface area contributed by atoms with Crippen molar-refractivity contribution in [1.29, 1.82) is 0 Å². The first-order valence-electron chi connectivity index (χ1n) is 12.2. The Kier molecular flexibility index (Phi) is 5.66. The molecule has 0 unspecified atom stereocenters. The Labute approximate surface area is 204 Å². The van der Waals surface area contributed by atoms with Crippen molar-refractivity contribution in [2.75, 3.05) is 26.2 Å². The van der Waals surface area contributed by atoms with Crippen LogP contribution >= 0.6 is 0 Å². The van der Waals surface area contributed by atoms with E-state index in [4.69, 9.17) is 9.40 Å². The first-order valence-corrected chi connectivity index (χ1v) is 12.2. The summed E-state index contributed by atoms with van der Waals surface area (Å²) in [5.41, 5.74) is 3.60. The molecule has 1 aliphatic carbocycles. The summed E-state index contributed by atoms with van der Waals surface area (Å²) >= 11 is 0. The first-order chi connectivity index (χ1) is 17.2. The van der Waals surface area contributed by atoms with Crippen molar-refractivity contribution in [2.24, 2.45) is 0 Å². The molecule has 2 aliphatic rings. The number of piperazine rings is 1. The third-order valence-corrected chi connectivity index (χ3v) is 6.73. The number of nitrogens with zero attached hydrogens (tertiary/aromatic N) is 6. The molecule has 0 spiro atoms. The standard InChI is InChI=1S/C27H28N6O2/c1-19-7-10-24(35-19)23-11-12-28-27(30-23)33-25(21-8-9-21)22(17-29-33)26(34)32-15-13-31(14-16-32)18-20-5-3-2-4-6-20/h2-7,10-12,17,21H,8-9,13-16,18H2,1H3. The van der Waals surface area contributed by atoms with Gasteiger partial charge in [-0.05, 0) is 43.5 Å². The fraction of sp³-hybridized carbons (Fsp3) is 0.333. The molecule has 0 atom stereocenters. The number of aromatic nitrogens is 4. The number of benzene rings is 1. The Morgan fingerprint density at radius 2 is 1.83 bits per heavy atom. The molecule has 4 aromatic rings. The van der Waals surface area contributed by atoms with Crippen LogP contribution in [0.1, 0.15) is 46.1 Å². The van der Waals surface area contributed by atoms with Crippen LogP contribution in [-0.2, 0) is 6.54 Å². The molecule has 0 N–H and O–H groups in total. The molecule has 3 aromatic heterocycles. The number of aryl methyl sites for hydroxylation is 1. The zero-order chi connectivity index (χ0) is 23.8. The van der Waals surface area contributed by atoms with Gasteiger partial charge in [0.15, 0.2) is 5.76 Å². The van der Waals surface area contributed by atoms with Crippen LogP contribution < -0.4 is 0 Å². The molecule has 8 heteroatoms. The van der Waals surface area contributed by atoms with E-state index in [1.54, 1.807) is 17.1 Å². The first kappa shape index (κ1) is 21.7. The predicted octanol–water partition coefficient (Wildman–Crippen LogP) is 4.07. The van der Waals surface area contributed by atoms with Crippen molar-refractivity contribution in [3.8, 4) is 17.4 Å². The molecule has 1 aliphatic heterocycles. The van der Waals surface area contributed by atoms with E-state index in [-0.39, 0.29) is 5.91 Å². The number of hydrogen-bond donors (Lipinski definition) is 0. The number of amides is 1. The van der Waals surface area contributed by atoms with Crippen molar-refractivity contribution >= 4 is 5.91 Å². The highest BCUT2D eigenvalue weighted by atomic mass is 16.3. The summed E-state index contributed by atoms with van der Waals surface area (Å²) < 4.78 is 7.48. The lowest BCUT2D eigenvalue weighted by atomic mass is 10.1. The Morgan fingerprint density at radius 1 is 1.03 bits per heavy atom. The molecule has 0 bridgehead atoms. The molecule has 1 aromatic carbocycles. The maximum absolute atomic E-state index is 13.6. The molecule has 4 heterocycles. The maximum Gasteiger partial charge on any atom is 0.257 e. The van der Waals surface area contributed by atoms with Crippen LogP contribution in [0.2, 0.25) is 0 Å². The van der Waals surface area contributed by atoms with Crippen molar-refractivity contribution in [2.45, 2.75) is 32.2 Å². The van der Waals surface area contributed by atoms with Crippen LogP contribution in [0.5, 0.6) is 0 Å². The fourth-order valence-corrected chi connectivity index (χ4v) is 4.71. The van der Waals surface area contributed by atoms with Gasteiger partial charge in [-0.15, -0.1) is 0 Å². The molecule has 0 radical (unpaired) electrons. The Balaban J connectivity index is 1.21. The van der Waals surface area contributed by atoms with Gasteiger partial charge in [-0.25, -0.2) is 14.6 Å². The second kappa shape index (κ2) is 9.11. The number of carbonyl (C=O) groups excluding carboxylic acids is 1. The van der Waals surface area contributed by atoms with Crippen molar-refractivity contribution in [3.63, 3.8) is 0 Å². The highest BCUT2D eigenvalue weighted by Gasteiger charge is 2.35. The Morgan fingerprint density at radius 3 is 2.54 bits per heavy atom. The molecule has 1 amide bonds. The van der Waals surface area contributed by atoms with Gasteiger partial charge in [0.1, 0.15) is 11.5 Å². The van der Waals surface area contributed by atoms with Gasteiger partial charge in [0.25, 0.3) is 11.9 Å². The minimum atomic E-state index is 0.0512. The van der Waals surface area contributed by atoms with Crippen LogP contribution in [0.4, 0.5) is 0 Å². The van der Waals surface area contributed by atoms with E-state index in [1.165, 1.54) is 5.56 Å². The second-order valence-corrected chi connectivity index (χ2v) is 9.34. The summed E-state index contributed by atoms with van der Waals surface area (Å²) in [5.74, 6) is 2.35. The zero-order valence-electron chi connectivity index (χ0n) is 19.8. The fourth-order valence-electron chi connectivity index (χ4n) is 4.71. The SMILES string of the molecule is Cc1ccc(-c2ccnc(-n3ncc(C(=O)N4CCN(Cc5ccccc5)CC4)c3C3CC3)n2)o1. The minimum Gasteiger partial charge on any atom is -0.460 e. The molecule has 1 saturated carbocycles. The van der Waals surface area contributed by atoms with E-state index in [9.17, 15) is 4.79 Å². The van der Waals surface area contributed by atoms with E-state index >= 15 is 0 Å². The molecule has 8 nitrogen and oxygen atoms in total. The molecule has 35 heavy (non-hydrogen) atoms. The number of hydrogen-bond acceptors (Lipinski definition) is 6. The van der Waals surface area contributed by atoms with Crippen LogP contribution in [0.25, 0.3) is 17.4 Å². The van der Waals surface area contributed by atoms with Crippen LogP contribution in [-0.4, -0.2) is 61.6 Å². The van der Waals surface area contributed by atoms with Gasteiger partial charge >= 0.3 is 0 Å². The predicted molar refractivity (Wildman–Crippen MR) is 131 cm³/mol. The summed E-state index contributed by atoms with van der Waals surface area (Å²) in [5, 5.41) is 4.58. The summed E-state index contributed by atoms with van der Waals surface area (Å²) in [7, 11) is 0. The number of furan rings is 1. The highest BCUT2D eigenvalue weighted by Crippen LogP contribution is 2.42. The van der Waals surface area contributed by atoms with Crippen molar-refractivity contribution in [3.05, 3.63) is 83.5 Å². The highest BCUT2D eigenvalue weighted by molar-refractivity contribution is 5.95. The lowest BCUT2D eigenvalue weighted by Gasteiger charge is -2.34. The van der Waals surface area contributed by atoms with E-state index < -0.39 is 0 Å². The molecule has 6 rings (SSSR count). The Hall–Kier alpha value is -3.78. The molecular formula is C27H28N6O2. The lowest BCUT2D eigenvalue weighted by molar-refractivity contribution is 0.0627. The normalized spacial score (nSPS) is 16.5. The second-order valence-electron chi connectivity index (χ2n) is 9.34. The van der Waals surface area contributed by atoms with Gasteiger partial charge in [-0.1, -0.05) is 30.3 Å². The van der Waals surface area contributed by atoms with Crippen molar-refractivity contribution < 1.29 is 9.21 Å². The molecule has 1 saturated heterocycles. The van der Waals surface area contributed by atoms with Gasteiger partial charge in [0.2, 0.25) is 0 Å². The van der Waals surface area contributed by atoms with Crippen LogP contribution in [0, 0.1) is 6.92 Å². The number of rotatable bonds is 6. The van der Waals surface area contributed by atoms with Gasteiger partial charge in [-0.2, -0.15) is 5.10 Å². The molecule has 2 fully saturated rings. The van der Waals surface area contributed by atoms with E-state index in [0.29, 0.717) is 42.0 Å². The summed E-state index contributed by atoms with van der Waals surface area (Å²) in [6.07, 6.45) is 5.50. The van der Waals surface area contributed by atoms with Gasteiger partial charge < -0.3 is 9.32 Å². The quantitative estimate of drug-likeness (QED) is 0.424. The monoisotopic (exact) mass is 468 g/mol. The Bertz CT molecular complexity index is 1330. The largest absolute Gasteiger partial charge is 0.460 e. The topological polar surface area (TPSA) is 80.3 Å². The number of carbonyl (C=O) groups is 1.